The molecule has 1 aliphatic rings. The highest BCUT2D eigenvalue weighted by molar-refractivity contribution is 7.15. The summed E-state index contributed by atoms with van der Waals surface area (Å²) < 4.78 is 0. The van der Waals surface area contributed by atoms with Gasteiger partial charge in [0.25, 0.3) is 0 Å². The number of piperidine rings is 1. The molecule has 1 aromatic heterocycles. The molecule has 0 aliphatic carbocycles. The fourth-order valence-electron chi connectivity index (χ4n) is 1.98. The highest BCUT2D eigenvalue weighted by atomic mass is 32.1. The van der Waals surface area contributed by atoms with Crippen molar-refractivity contribution in [3.63, 3.8) is 0 Å². The summed E-state index contributed by atoms with van der Waals surface area (Å²) in [7, 11) is 2.18. The van der Waals surface area contributed by atoms with Gasteiger partial charge >= 0.3 is 0 Å². The van der Waals surface area contributed by atoms with Crippen molar-refractivity contribution >= 4 is 16.3 Å². The van der Waals surface area contributed by atoms with Crippen molar-refractivity contribution in [3.8, 4) is 0 Å². The summed E-state index contributed by atoms with van der Waals surface area (Å²) in [6.07, 6.45) is 2.43. The maximum atomic E-state index is 5.43. The van der Waals surface area contributed by atoms with Gasteiger partial charge in [0.15, 0.2) is 0 Å². The van der Waals surface area contributed by atoms with Crippen LogP contribution in [0, 0.1) is 6.92 Å². The fraction of sp³-hybridized carbons (Fsp3) is 0.700. The van der Waals surface area contributed by atoms with Crippen molar-refractivity contribution in [3.05, 3.63) is 10.7 Å². The number of thiazole rings is 1. The zero-order valence-corrected chi connectivity index (χ0v) is 10.1. The highest BCUT2D eigenvalue weighted by Gasteiger charge is 2.22. The molecule has 2 heterocycles. The zero-order valence-electron chi connectivity index (χ0n) is 9.29. The lowest BCUT2D eigenvalue weighted by Gasteiger charge is -2.27. The number of nitrogens with zero attached hydrogens (tertiary/aromatic N) is 2. The first-order valence-corrected chi connectivity index (χ1v) is 6.15. The summed E-state index contributed by atoms with van der Waals surface area (Å²) in [6, 6.07) is 0. The summed E-state index contributed by atoms with van der Waals surface area (Å²) in [5.41, 5.74) is 3.73. The van der Waals surface area contributed by atoms with Gasteiger partial charge in [-0.15, -0.1) is 0 Å². The van der Waals surface area contributed by atoms with Crippen LogP contribution in [-0.4, -0.2) is 30.0 Å². The van der Waals surface area contributed by atoms with Crippen molar-refractivity contribution < 1.29 is 0 Å². The van der Waals surface area contributed by atoms with Crippen molar-refractivity contribution in [1.82, 2.24) is 9.88 Å². The molecule has 84 valence electrons. The Morgan fingerprint density at radius 2 is 2.13 bits per heavy atom. The molecule has 0 amide bonds. The third-order valence-electron chi connectivity index (χ3n) is 3.01. The second-order valence-corrected chi connectivity index (χ2v) is 5.22. The number of aryl methyl sites for hydroxylation is 1. The van der Waals surface area contributed by atoms with Gasteiger partial charge in [-0.25, -0.2) is 10.8 Å². The highest BCUT2D eigenvalue weighted by Crippen LogP contribution is 2.34. The molecular formula is C10H18N4S. The molecule has 0 radical (unpaired) electrons. The largest absolute Gasteiger partial charge is 0.314 e. The van der Waals surface area contributed by atoms with E-state index in [1.807, 2.05) is 6.92 Å². The molecule has 1 saturated heterocycles. The molecule has 3 N–H and O–H groups in total. The molecule has 0 saturated carbocycles. The Labute approximate surface area is 94.5 Å². The minimum Gasteiger partial charge on any atom is -0.314 e. The lowest BCUT2D eigenvalue weighted by molar-refractivity contribution is 0.255. The third kappa shape index (κ3) is 2.30. The van der Waals surface area contributed by atoms with Gasteiger partial charge in [0.2, 0.25) is 0 Å². The second-order valence-electron chi connectivity index (χ2n) is 4.19. The summed E-state index contributed by atoms with van der Waals surface area (Å²) in [6.45, 7) is 4.35. The SMILES string of the molecule is Cc1nc(C2CCN(C)CC2)sc1NN. The van der Waals surface area contributed by atoms with Crippen LogP contribution in [0.4, 0.5) is 5.00 Å². The Morgan fingerprint density at radius 1 is 1.47 bits per heavy atom. The van der Waals surface area contributed by atoms with Crippen LogP contribution in [0.3, 0.4) is 0 Å². The average Bonchev–Trinajstić information content (AvgIpc) is 2.61. The number of hydrogen-bond donors (Lipinski definition) is 2. The monoisotopic (exact) mass is 226 g/mol. The first-order chi connectivity index (χ1) is 7.20. The van der Waals surface area contributed by atoms with E-state index in [1.165, 1.54) is 30.9 Å². The molecule has 15 heavy (non-hydrogen) atoms. The second kappa shape index (κ2) is 4.47. The molecule has 1 aliphatic heterocycles. The molecule has 0 aromatic carbocycles. The van der Waals surface area contributed by atoms with Crippen molar-refractivity contribution in [1.29, 1.82) is 0 Å². The summed E-state index contributed by atoms with van der Waals surface area (Å²) in [5.74, 6) is 6.06. The zero-order chi connectivity index (χ0) is 10.8. The standard InChI is InChI=1S/C10H18N4S/c1-7-9(13-11)15-10(12-7)8-3-5-14(2)6-4-8/h8,13H,3-6,11H2,1-2H3. The van der Waals surface area contributed by atoms with E-state index in [-0.39, 0.29) is 0 Å². The number of hydrogen-bond acceptors (Lipinski definition) is 5. The Balaban J connectivity index is 2.09. The topological polar surface area (TPSA) is 54.2 Å². The van der Waals surface area contributed by atoms with Crippen LogP contribution in [-0.2, 0) is 0 Å². The Bertz CT molecular complexity index is 328. The Hall–Kier alpha value is -0.650. The first-order valence-electron chi connectivity index (χ1n) is 5.33. The van der Waals surface area contributed by atoms with E-state index >= 15 is 0 Å². The van der Waals surface area contributed by atoms with Crippen LogP contribution in [0.25, 0.3) is 0 Å². The van der Waals surface area contributed by atoms with Crippen molar-refractivity contribution in [2.75, 3.05) is 25.6 Å². The molecule has 2 rings (SSSR count). The predicted octanol–water partition coefficient (Wildman–Crippen LogP) is 1.55. The van der Waals surface area contributed by atoms with Gasteiger partial charge in [0, 0.05) is 5.92 Å². The molecular weight excluding hydrogens is 208 g/mol. The van der Waals surface area contributed by atoms with Crippen LogP contribution in [0.1, 0.15) is 29.5 Å². The van der Waals surface area contributed by atoms with Gasteiger partial charge in [0.05, 0.1) is 10.7 Å². The normalized spacial score (nSPS) is 19.4. The first kappa shape index (κ1) is 10.9. The number of nitrogens with two attached hydrogens (primary N) is 1. The van der Waals surface area contributed by atoms with Crippen molar-refractivity contribution in [2.24, 2.45) is 5.84 Å². The Morgan fingerprint density at radius 3 is 2.67 bits per heavy atom. The maximum absolute atomic E-state index is 5.43. The van der Waals surface area contributed by atoms with Crippen LogP contribution in [0.15, 0.2) is 0 Å². The molecule has 0 atom stereocenters. The molecule has 0 unspecified atom stereocenters. The van der Waals surface area contributed by atoms with E-state index in [0.717, 1.165) is 10.7 Å². The van der Waals surface area contributed by atoms with Gasteiger partial charge in [0.1, 0.15) is 5.00 Å². The van der Waals surface area contributed by atoms with Gasteiger partial charge in [-0.3, -0.25) is 0 Å². The molecule has 5 heteroatoms. The van der Waals surface area contributed by atoms with Gasteiger partial charge < -0.3 is 10.3 Å². The van der Waals surface area contributed by atoms with E-state index in [9.17, 15) is 0 Å². The van der Waals surface area contributed by atoms with Crippen LogP contribution in [0.5, 0.6) is 0 Å². The molecule has 1 fully saturated rings. The summed E-state index contributed by atoms with van der Waals surface area (Å²) in [4.78, 5) is 6.96. The van der Waals surface area contributed by atoms with E-state index in [0.29, 0.717) is 5.92 Å². The number of likely N-dealkylation sites (tertiary alicyclic amines) is 1. The molecule has 0 bridgehead atoms. The number of nitrogens with one attached hydrogen (secondary N) is 1. The fourth-order valence-corrected chi connectivity index (χ4v) is 3.03. The number of anilines is 1. The number of nitrogen functional groups attached to an aromatic ring is 1. The molecule has 1 aromatic rings. The summed E-state index contributed by atoms with van der Waals surface area (Å²) >= 11 is 1.70. The van der Waals surface area contributed by atoms with Crippen LogP contribution in [0.2, 0.25) is 0 Å². The van der Waals surface area contributed by atoms with Gasteiger partial charge in [-0.05, 0) is 39.9 Å². The quantitative estimate of drug-likeness (QED) is 0.593. The number of hydrazine groups is 1. The van der Waals surface area contributed by atoms with Crippen LogP contribution < -0.4 is 11.3 Å². The van der Waals surface area contributed by atoms with E-state index in [1.54, 1.807) is 11.3 Å². The van der Waals surface area contributed by atoms with Crippen molar-refractivity contribution in [2.45, 2.75) is 25.7 Å². The average molecular weight is 226 g/mol. The third-order valence-corrected chi connectivity index (χ3v) is 4.26. The summed E-state index contributed by atoms with van der Waals surface area (Å²) in [5, 5.41) is 2.25. The predicted molar refractivity (Wildman–Crippen MR) is 64.1 cm³/mol. The van der Waals surface area contributed by atoms with E-state index in [2.05, 4.69) is 22.4 Å². The molecule has 0 spiro atoms. The number of aromatic nitrogens is 1. The van der Waals surface area contributed by atoms with Crippen LogP contribution >= 0.6 is 11.3 Å². The smallest absolute Gasteiger partial charge is 0.126 e. The number of rotatable bonds is 2. The lowest BCUT2D eigenvalue weighted by atomic mass is 9.98. The molecule has 4 nitrogen and oxygen atoms in total. The minimum atomic E-state index is 0.631. The minimum absolute atomic E-state index is 0.631. The van der Waals surface area contributed by atoms with Gasteiger partial charge in [-0.2, -0.15) is 0 Å². The van der Waals surface area contributed by atoms with E-state index < -0.39 is 0 Å². The van der Waals surface area contributed by atoms with E-state index in [4.69, 9.17) is 5.84 Å². The maximum Gasteiger partial charge on any atom is 0.126 e. The van der Waals surface area contributed by atoms with Gasteiger partial charge in [-0.1, -0.05) is 11.3 Å². The Kier molecular flexibility index (Phi) is 3.23. The lowest BCUT2D eigenvalue weighted by Crippen LogP contribution is -2.29.